The van der Waals surface area contributed by atoms with Crippen molar-refractivity contribution >= 4 is 37.7 Å². The van der Waals surface area contributed by atoms with Crippen molar-refractivity contribution < 1.29 is 0 Å². The molecule has 0 aliphatic rings. The largest absolute Gasteiger partial charge is 0.240 e. The molecule has 0 N–H and O–H groups in total. The summed E-state index contributed by atoms with van der Waals surface area (Å²) in [6, 6.07) is 7.98. The minimum absolute atomic E-state index is 0.826. The summed E-state index contributed by atoms with van der Waals surface area (Å²) in [6.45, 7) is 0. The molecule has 0 saturated carbocycles. The van der Waals surface area contributed by atoms with Gasteiger partial charge in [0.15, 0.2) is 3.92 Å². The van der Waals surface area contributed by atoms with Gasteiger partial charge in [-0.1, -0.05) is 17.4 Å². The molecular weight excluding hydrogens is 314 g/mol. The maximum atomic E-state index is 4.51. The highest BCUT2D eigenvalue weighted by molar-refractivity contribution is 9.11. The predicted molar refractivity (Wildman–Crippen MR) is 72.8 cm³/mol. The van der Waals surface area contributed by atoms with Crippen LogP contribution in [0.4, 0.5) is 0 Å². The molecule has 7 heteroatoms. The van der Waals surface area contributed by atoms with Crippen molar-refractivity contribution in [3.05, 3.63) is 40.6 Å². The number of aromatic nitrogens is 5. The second-order valence-electron chi connectivity index (χ2n) is 3.81. The third-order valence-electron chi connectivity index (χ3n) is 2.65. The van der Waals surface area contributed by atoms with Crippen LogP contribution in [0.15, 0.2) is 40.6 Å². The average Bonchev–Trinajstić information content (AvgIpc) is 2.98. The molecule has 0 spiro atoms. The van der Waals surface area contributed by atoms with Crippen molar-refractivity contribution in [3.63, 3.8) is 0 Å². The highest BCUT2D eigenvalue weighted by Gasteiger charge is 2.11. The molecule has 88 valence electrons. The summed E-state index contributed by atoms with van der Waals surface area (Å²) in [5, 5.41) is 8.75. The van der Waals surface area contributed by atoms with E-state index in [0.29, 0.717) is 0 Å². The van der Waals surface area contributed by atoms with Crippen molar-refractivity contribution in [1.82, 2.24) is 24.2 Å². The molecule has 0 bridgehead atoms. The minimum atomic E-state index is 0.826. The van der Waals surface area contributed by atoms with E-state index in [9.17, 15) is 0 Å². The van der Waals surface area contributed by atoms with Crippen molar-refractivity contribution in [3.8, 4) is 11.4 Å². The molecule has 0 fully saturated rings. The quantitative estimate of drug-likeness (QED) is 0.542. The first-order valence-corrected chi connectivity index (χ1v) is 6.87. The van der Waals surface area contributed by atoms with E-state index in [1.54, 1.807) is 4.52 Å². The molecule has 0 aromatic carbocycles. The van der Waals surface area contributed by atoms with Crippen LogP contribution in [0.2, 0.25) is 0 Å². The maximum absolute atomic E-state index is 4.51. The minimum Gasteiger partial charge on any atom is -0.240 e. The molecule has 0 atom stereocenters. The number of hydrogen-bond donors (Lipinski definition) is 0. The van der Waals surface area contributed by atoms with Crippen molar-refractivity contribution in [1.29, 1.82) is 0 Å². The second-order valence-corrected chi connectivity index (χ2v) is 6.04. The molecule has 18 heavy (non-hydrogen) atoms. The topological polar surface area (TPSA) is 47.5 Å². The summed E-state index contributed by atoms with van der Waals surface area (Å²) in [6.07, 6.45) is 3.81. The normalized spacial score (nSPS) is 11.6. The van der Waals surface area contributed by atoms with Crippen LogP contribution >= 0.6 is 27.3 Å². The molecular formula is C11H6BrN5S. The summed E-state index contributed by atoms with van der Waals surface area (Å²) >= 11 is 4.84. The van der Waals surface area contributed by atoms with Crippen LogP contribution < -0.4 is 0 Å². The maximum Gasteiger partial charge on any atom is 0.213 e. The van der Waals surface area contributed by atoms with Gasteiger partial charge in [-0.3, -0.25) is 0 Å². The van der Waals surface area contributed by atoms with Gasteiger partial charge in [-0.05, 0) is 34.1 Å². The Morgan fingerprint density at radius 1 is 1.11 bits per heavy atom. The van der Waals surface area contributed by atoms with E-state index in [-0.39, 0.29) is 0 Å². The van der Waals surface area contributed by atoms with Crippen LogP contribution in [0.25, 0.3) is 21.9 Å². The van der Waals surface area contributed by atoms with Crippen LogP contribution in [0, 0.1) is 0 Å². The van der Waals surface area contributed by atoms with Gasteiger partial charge >= 0.3 is 0 Å². The third-order valence-corrected chi connectivity index (χ3v) is 4.01. The first-order valence-electron chi connectivity index (χ1n) is 5.26. The van der Waals surface area contributed by atoms with E-state index in [4.69, 9.17) is 0 Å². The van der Waals surface area contributed by atoms with Gasteiger partial charge in [-0.25, -0.2) is 14.0 Å². The molecule has 4 rings (SSSR count). The second kappa shape index (κ2) is 3.63. The summed E-state index contributed by atoms with van der Waals surface area (Å²) in [5.74, 6) is 0. The summed E-state index contributed by atoms with van der Waals surface area (Å²) in [4.78, 5) is 5.37. The summed E-state index contributed by atoms with van der Waals surface area (Å²) in [7, 11) is 0. The molecule has 0 aliphatic heterocycles. The number of imidazole rings is 1. The van der Waals surface area contributed by atoms with E-state index < -0.39 is 0 Å². The smallest absolute Gasteiger partial charge is 0.213 e. The van der Waals surface area contributed by atoms with E-state index in [1.807, 2.05) is 41.2 Å². The van der Waals surface area contributed by atoms with Crippen molar-refractivity contribution in [2.45, 2.75) is 0 Å². The Morgan fingerprint density at radius 3 is 2.89 bits per heavy atom. The predicted octanol–water partition coefficient (Wildman–Crippen LogP) is 2.87. The summed E-state index contributed by atoms with van der Waals surface area (Å²) < 4.78 is 4.42. The molecule has 5 nitrogen and oxygen atoms in total. The summed E-state index contributed by atoms with van der Waals surface area (Å²) in [5.41, 5.74) is 2.75. The standard InChI is InChI=1S/C11H6BrN5S/c12-10-15-17-6-9(13-11(17)18-10)8-5-7-3-1-2-4-16(7)14-8/h1-6H. The lowest BCUT2D eigenvalue weighted by Gasteiger charge is -1.87. The monoisotopic (exact) mass is 319 g/mol. The lowest BCUT2D eigenvalue weighted by atomic mass is 10.3. The lowest BCUT2D eigenvalue weighted by Crippen LogP contribution is -1.85. The molecule has 0 aliphatic carbocycles. The third kappa shape index (κ3) is 1.48. The number of fused-ring (bicyclic) bond motifs is 2. The molecule has 0 saturated heterocycles. The fraction of sp³-hybridized carbons (Fsp3) is 0. The highest BCUT2D eigenvalue weighted by Crippen LogP contribution is 2.24. The number of rotatable bonds is 1. The van der Waals surface area contributed by atoms with Gasteiger partial charge in [0.05, 0.1) is 11.7 Å². The van der Waals surface area contributed by atoms with Gasteiger partial charge in [0.1, 0.15) is 11.4 Å². The SMILES string of the molecule is Brc1nn2cc(-c3cc4ccccn4n3)nc2s1. The Balaban J connectivity index is 1.92. The van der Waals surface area contributed by atoms with E-state index in [0.717, 1.165) is 25.8 Å². The molecule has 0 unspecified atom stereocenters. The van der Waals surface area contributed by atoms with Gasteiger partial charge in [-0.15, -0.1) is 5.10 Å². The van der Waals surface area contributed by atoms with Gasteiger partial charge in [0.25, 0.3) is 0 Å². The van der Waals surface area contributed by atoms with Gasteiger partial charge < -0.3 is 0 Å². The first-order chi connectivity index (χ1) is 8.79. The first kappa shape index (κ1) is 10.2. The van der Waals surface area contributed by atoms with Crippen LogP contribution in [0.5, 0.6) is 0 Å². The Morgan fingerprint density at radius 2 is 2.06 bits per heavy atom. The molecule has 0 amide bonds. The Bertz CT molecular complexity index is 794. The van der Waals surface area contributed by atoms with Gasteiger partial charge in [0.2, 0.25) is 4.96 Å². The lowest BCUT2D eigenvalue weighted by molar-refractivity contribution is 0.953. The van der Waals surface area contributed by atoms with Crippen LogP contribution in [-0.4, -0.2) is 24.2 Å². The number of nitrogens with zero attached hydrogens (tertiary/aromatic N) is 5. The molecule has 4 heterocycles. The van der Waals surface area contributed by atoms with Crippen LogP contribution in [0.3, 0.4) is 0 Å². The number of pyridine rings is 1. The Hall–Kier alpha value is -1.73. The number of halogens is 1. The van der Waals surface area contributed by atoms with Crippen LogP contribution in [-0.2, 0) is 0 Å². The average molecular weight is 320 g/mol. The van der Waals surface area contributed by atoms with Crippen molar-refractivity contribution in [2.24, 2.45) is 0 Å². The van der Waals surface area contributed by atoms with E-state index >= 15 is 0 Å². The fourth-order valence-corrected chi connectivity index (χ4v) is 3.08. The number of hydrogen-bond acceptors (Lipinski definition) is 4. The molecule has 4 aromatic heterocycles. The zero-order valence-corrected chi connectivity index (χ0v) is 11.4. The zero-order chi connectivity index (χ0) is 12.1. The van der Waals surface area contributed by atoms with Crippen molar-refractivity contribution in [2.75, 3.05) is 0 Å². The van der Waals surface area contributed by atoms with Gasteiger partial charge in [-0.2, -0.15) is 5.10 Å². The van der Waals surface area contributed by atoms with E-state index in [2.05, 4.69) is 31.1 Å². The Labute approximate surface area is 114 Å². The molecule has 0 radical (unpaired) electrons. The van der Waals surface area contributed by atoms with E-state index in [1.165, 1.54) is 11.3 Å². The molecule has 4 aromatic rings. The van der Waals surface area contributed by atoms with Crippen LogP contribution in [0.1, 0.15) is 0 Å². The fourth-order valence-electron chi connectivity index (χ4n) is 1.86. The highest BCUT2D eigenvalue weighted by atomic mass is 79.9. The zero-order valence-electron chi connectivity index (χ0n) is 8.99. The van der Waals surface area contributed by atoms with Gasteiger partial charge in [0, 0.05) is 6.20 Å². The Kier molecular flexibility index (Phi) is 2.06.